The van der Waals surface area contributed by atoms with E-state index in [1.807, 2.05) is 11.0 Å². The summed E-state index contributed by atoms with van der Waals surface area (Å²) in [6, 6.07) is 9.87. The molecule has 1 aliphatic carbocycles. The molecule has 2 aromatic rings. The van der Waals surface area contributed by atoms with Crippen molar-refractivity contribution < 1.29 is 32.6 Å². The van der Waals surface area contributed by atoms with E-state index in [0.29, 0.717) is 44.1 Å². The number of piperidine rings is 1. The number of rotatable bonds is 8. The van der Waals surface area contributed by atoms with Gasteiger partial charge >= 0.3 is 6.18 Å². The minimum absolute atomic E-state index is 0.111. The Morgan fingerprint density at radius 3 is 2.35 bits per heavy atom. The normalized spacial score (nSPS) is 23.4. The van der Waals surface area contributed by atoms with E-state index in [9.17, 15) is 27.9 Å². The van der Waals surface area contributed by atoms with Gasteiger partial charge < -0.3 is 20.1 Å². The Balaban J connectivity index is 1.06. The number of aliphatic hydroxyl groups is 1. The summed E-state index contributed by atoms with van der Waals surface area (Å²) in [4.78, 5) is 31.0. The smallest absolute Gasteiger partial charge is 0.395 e. The van der Waals surface area contributed by atoms with E-state index < -0.39 is 35.6 Å². The first-order valence-corrected chi connectivity index (χ1v) is 13.9. The molecule has 5 rings (SSSR count). The van der Waals surface area contributed by atoms with Gasteiger partial charge in [-0.1, -0.05) is 18.6 Å². The van der Waals surface area contributed by atoms with Crippen LogP contribution < -0.4 is 15.4 Å². The lowest BCUT2D eigenvalue weighted by molar-refractivity contribution is -0.256. The number of carbonyl (C=O) groups excluding carboxylic acids is 2. The van der Waals surface area contributed by atoms with E-state index in [1.54, 1.807) is 36.5 Å². The molecule has 1 aromatic carbocycles. The monoisotopic (exact) mass is 560 g/mol. The predicted octanol–water partition coefficient (Wildman–Crippen LogP) is 3.55. The highest BCUT2D eigenvalue weighted by atomic mass is 19.4. The summed E-state index contributed by atoms with van der Waals surface area (Å²) in [5, 5.41) is 14.8. The van der Waals surface area contributed by atoms with Gasteiger partial charge in [0.1, 0.15) is 0 Å². The van der Waals surface area contributed by atoms with Crippen LogP contribution in [0.1, 0.15) is 48.9 Å². The van der Waals surface area contributed by atoms with Crippen molar-refractivity contribution in [1.82, 2.24) is 20.5 Å². The number of hydrogen-bond acceptors (Lipinski definition) is 7. The van der Waals surface area contributed by atoms with Crippen molar-refractivity contribution >= 4 is 11.8 Å². The number of nitrogens with one attached hydrogen (secondary N) is 2. The van der Waals surface area contributed by atoms with Crippen LogP contribution in [-0.2, 0) is 4.79 Å². The first kappa shape index (κ1) is 28.5. The molecule has 2 saturated heterocycles. The number of pyridine rings is 1. The number of aliphatic hydroxyl groups excluding tert-OH is 1. The van der Waals surface area contributed by atoms with Gasteiger partial charge in [0.2, 0.25) is 11.8 Å². The molecule has 2 amide bonds. The number of nitrogens with zero attached hydrogens (tertiary/aromatic N) is 2. The Bertz CT molecular complexity index is 1180. The molecule has 0 spiro atoms. The quantitative estimate of drug-likeness (QED) is 0.425. The molecular formula is C29H35F3N4O4. The van der Waals surface area contributed by atoms with Crippen LogP contribution in [0.4, 0.5) is 13.2 Å². The van der Waals surface area contributed by atoms with E-state index in [1.165, 1.54) is 0 Å². The molecule has 0 radical (unpaired) electrons. The molecule has 3 heterocycles. The minimum atomic E-state index is -4.13. The van der Waals surface area contributed by atoms with Crippen molar-refractivity contribution in [2.75, 3.05) is 32.8 Å². The highest BCUT2D eigenvalue weighted by molar-refractivity contribution is 6.06. The number of likely N-dealkylation sites (tertiary alicyclic amines) is 1. The molecule has 0 bridgehead atoms. The van der Waals surface area contributed by atoms with Crippen molar-refractivity contribution in [3.63, 3.8) is 0 Å². The molecule has 3 fully saturated rings. The Morgan fingerprint density at radius 1 is 1.10 bits per heavy atom. The van der Waals surface area contributed by atoms with Crippen LogP contribution in [0.5, 0.6) is 5.88 Å². The van der Waals surface area contributed by atoms with Gasteiger partial charge in [0.15, 0.2) is 0 Å². The Hall–Kier alpha value is -3.02. The fourth-order valence-electron chi connectivity index (χ4n) is 5.72. The largest absolute Gasteiger partial charge is 0.477 e. The maximum absolute atomic E-state index is 13.5. The average Bonchev–Trinajstić information content (AvgIpc) is 3.36. The minimum Gasteiger partial charge on any atom is -0.477 e. The zero-order valence-electron chi connectivity index (χ0n) is 22.3. The lowest BCUT2D eigenvalue weighted by atomic mass is 9.67. The molecule has 216 valence electrons. The molecule has 11 heteroatoms. The van der Waals surface area contributed by atoms with E-state index >= 15 is 0 Å². The molecule has 2 atom stereocenters. The summed E-state index contributed by atoms with van der Waals surface area (Å²) >= 11 is 0. The van der Waals surface area contributed by atoms with Gasteiger partial charge in [0.25, 0.3) is 5.91 Å². The number of alkyl halides is 3. The molecule has 1 saturated carbocycles. The SMILES string of the molecule is O=C(NC(=O)[C@@H]1C[C@@H](O)CN1)c1ccc(-c2ccc(OCC3CCN(CC4(C(F)(F)F)CCC4)CC3)nc2)cc1. The lowest BCUT2D eigenvalue weighted by Gasteiger charge is -2.47. The zero-order chi connectivity index (χ0) is 28.3. The van der Waals surface area contributed by atoms with Crippen LogP contribution >= 0.6 is 0 Å². The van der Waals surface area contributed by atoms with E-state index in [4.69, 9.17) is 4.74 Å². The fourth-order valence-corrected chi connectivity index (χ4v) is 5.72. The average molecular weight is 561 g/mol. The lowest BCUT2D eigenvalue weighted by Crippen LogP contribution is -2.53. The Morgan fingerprint density at radius 2 is 1.80 bits per heavy atom. The highest BCUT2D eigenvalue weighted by Crippen LogP contribution is 2.53. The number of benzene rings is 1. The summed E-state index contributed by atoms with van der Waals surface area (Å²) in [6.45, 7) is 2.22. The molecule has 2 aliphatic heterocycles. The third-order valence-corrected chi connectivity index (χ3v) is 8.49. The molecule has 0 unspecified atom stereocenters. The number of halogens is 3. The predicted molar refractivity (Wildman–Crippen MR) is 142 cm³/mol. The first-order chi connectivity index (χ1) is 19.1. The van der Waals surface area contributed by atoms with E-state index in [2.05, 4.69) is 15.6 Å². The number of ether oxygens (including phenoxy) is 1. The Labute approximate surface area is 231 Å². The van der Waals surface area contributed by atoms with Gasteiger partial charge in [-0.3, -0.25) is 14.9 Å². The van der Waals surface area contributed by atoms with Gasteiger partial charge in [-0.15, -0.1) is 0 Å². The zero-order valence-corrected chi connectivity index (χ0v) is 22.3. The van der Waals surface area contributed by atoms with Crippen molar-refractivity contribution in [3.05, 3.63) is 48.2 Å². The third-order valence-electron chi connectivity index (χ3n) is 8.49. The Kier molecular flexibility index (Phi) is 8.44. The van der Waals surface area contributed by atoms with E-state index in [0.717, 1.165) is 24.0 Å². The van der Waals surface area contributed by atoms with Crippen molar-refractivity contribution in [2.24, 2.45) is 11.3 Å². The summed E-state index contributed by atoms with van der Waals surface area (Å²) in [6.07, 6.45) is -0.0112. The number of β-amino-alcohol motifs (C(OH)–C–C–N with tert-alkyl or cyclic N) is 1. The maximum atomic E-state index is 13.5. The number of imide groups is 1. The number of hydrogen-bond donors (Lipinski definition) is 3. The topological polar surface area (TPSA) is 104 Å². The fraction of sp³-hybridized carbons (Fsp3) is 0.552. The molecule has 1 aromatic heterocycles. The van der Waals surface area contributed by atoms with Gasteiger partial charge in [-0.25, -0.2) is 4.98 Å². The van der Waals surface area contributed by atoms with Crippen molar-refractivity contribution in [3.8, 4) is 17.0 Å². The number of carbonyl (C=O) groups is 2. The number of amides is 2. The van der Waals surface area contributed by atoms with Crippen LogP contribution in [0.15, 0.2) is 42.6 Å². The summed E-state index contributed by atoms with van der Waals surface area (Å²) in [5.74, 6) is -0.201. The summed E-state index contributed by atoms with van der Waals surface area (Å²) < 4.78 is 46.4. The van der Waals surface area contributed by atoms with Crippen LogP contribution in [0.2, 0.25) is 0 Å². The standard InChI is InChI=1S/C29H35F3N4O4/c30-29(31,32)28(10-1-11-28)18-36-12-8-19(9-13-36)17-40-25-7-6-22(15-34-25)20-2-4-21(5-3-20)26(38)35-27(39)24-14-23(37)16-33-24/h2-7,15,19,23-24,33,37H,1,8-14,16-18H2,(H,35,38,39)/t23-,24+/m1/s1. The van der Waals surface area contributed by atoms with Crippen LogP contribution in [0.3, 0.4) is 0 Å². The van der Waals surface area contributed by atoms with Gasteiger partial charge in [-0.05, 0) is 74.9 Å². The molecule has 8 nitrogen and oxygen atoms in total. The highest BCUT2D eigenvalue weighted by Gasteiger charge is 2.58. The molecule has 3 aliphatic rings. The number of aromatic nitrogens is 1. The molecule has 3 N–H and O–H groups in total. The summed E-state index contributed by atoms with van der Waals surface area (Å²) in [7, 11) is 0. The second-order valence-electron chi connectivity index (χ2n) is 11.3. The van der Waals surface area contributed by atoms with Crippen LogP contribution in [0.25, 0.3) is 11.1 Å². The van der Waals surface area contributed by atoms with Gasteiger partial charge in [0.05, 0.1) is 24.2 Å². The molecule has 40 heavy (non-hydrogen) atoms. The second-order valence-corrected chi connectivity index (χ2v) is 11.3. The van der Waals surface area contributed by atoms with Crippen LogP contribution in [-0.4, -0.2) is 77.9 Å². The van der Waals surface area contributed by atoms with Crippen molar-refractivity contribution in [2.45, 2.75) is 56.8 Å². The van der Waals surface area contributed by atoms with Gasteiger partial charge in [-0.2, -0.15) is 13.2 Å². The van der Waals surface area contributed by atoms with Gasteiger partial charge in [0, 0.05) is 36.5 Å². The summed E-state index contributed by atoms with van der Waals surface area (Å²) in [5.41, 5.74) is 0.516. The molecular weight excluding hydrogens is 525 g/mol. The van der Waals surface area contributed by atoms with Crippen molar-refractivity contribution in [1.29, 1.82) is 0 Å². The second kappa shape index (κ2) is 11.8. The maximum Gasteiger partial charge on any atom is 0.395 e. The third kappa shape index (κ3) is 6.47. The van der Waals surface area contributed by atoms with E-state index in [-0.39, 0.29) is 31.7 Å². The van der Waals surface area contributed by atoms with Crippen LogP contribution in [0, 0.1) is 11.3 Å². The first-order valence-electron chi connectivity index (χ1n) is 13.9.